The highest BCUT2D eigenvalue weighted by Gasteiger charge is 2.20. The molecular weight excluding hydrogens is 320 g/mol. The Kier molecular flexibility index (Phi) is 3.83. The van der Waals surface area contributed by atoms with Gasteiger partial charge in [0.1, 0.15) is 0 Å². The van der Waals surface area contributed by atoms with Crippen molar-refractivity contribution in [2.24, 2.45) is 14.1 Å². The van der Waals surface area contributed by atoms with Crippen LogP contribution in [0.1, 0.15) is 11.7 Å². The largest absolute Gasteiger partial charge is 0.387 e. The van der Waals surface area contributed by atoms with Gasteiger partial charge in [-0.05, 0) is 17.2 Å². The Balaban J connectivity index is 2.17. The number of hydrogen-bond acceptors (Lipinski definition) is 4. The molecule has 2 aromatic heterocycles. The molecule has 0 amide bonds. The summed E-state index contributed by atoms with van der Waals surface area (Å²) in [5.74, 6) is 0. The summed E-state index contributed by atoms with van der Waals surface area (Å²) in [7, 11) is 2.91. The fourth-order valence-corrected chi connectivity index (χ4v) is 2.77. The van der Waals surface area contributed by atoms with E-state index in [1.807, 2.05) is 18.2 Å². The number of fused-ring (bicyclic) bond motifs is 1. The van der Waals surface area contributed by atoms with E-state index in [4.69, 9.17) is 11.6 Å². The van der Waals surface area contributed by atoms with Crippen molar-refractivity contribution >= 4 is 22.8 Å². The Bertz CT molecular complexity index is 988. The molecule has 3 aromatic rings. The van der Waals surface area contributed by atoms with Gasteiger partial charge < -0.3 is 9.67 Å². The van der Waals surface area contributed by atoms with Crippen LogP contribution in [-0.2, 0) is 20.6 Å². The van der Waals surface area contributed by atoms with Gasteiger partial charge in [-0.1, -0.05) is 30.3 Å². The number of nitrogens with zero attached hydrogens (tertiary/aromatic N) is 4. The Morgan fingerprint density at radius 2 is 1.83 bits per heavy atom. The van der Waals surface area contributed by atoms with Gasteiger partial charge in [-0.2, -0.15) is 4.98 Å². The molecule has 120 valence electrons. The molecule has 0 spiro atoms. The lowest BCUT2D eigenvalue weighted by atomic mass is 10.1. The van der Waals surface area contributed by atoms with Crippen LogP contribution < -0.4 is 11.2 Å². The van der Waals surface area contributed by atoms with Crippen LogP contribution in [0.15, 0.2) is 39.9 Å². The second-order valence-corrected chi connectivity index (χ2v) is 5.63. The lowest BCUT2D eigenvalue weighted by Gasteiger charge is -2.13. The van der Waals surface area contributed by atoms with E-state index in [0.29, 0.717) is 5.56 Å². The average molecular weight is 335 g/mol. The van der Waals surface area contributed by atoms with Crippen molar-refractivity contribution in [1.29, 1.82) is 0 Å². The van der Waals surface area contributed by atoms with Gasteiger partial charge in [-0.3, -0.25) is 13.9 Å². The van der Waals surface area contributed by atoms with Crippen molar-refractivity contribution in [2.75, 3.05) is 0 Å². The number of aliphatic hydroxyl groups is 1. The van der Waals surface area contributed by atoms with Crippen molar-refractivity contribution < 1.29 is 5.11 Å². The molecule has 1 atom stereocenters. The molecule has 1 unspecified atom stereocenters. The molecule has 0 aliphatic heterocycles. The zero-order valence-corrected chi connectivity index (χ0v) is 13.4. The number of aryl methyl sites for hydroxylation is 1. The van der Waals surface area contributed by atoms with Crippen LogP contribution in [-0.4, -0.2) is 23.8 Å². The molecule has 0 radical (unpaired) electrons. The van der Waals surface area contributed by atoms with Gasteiger partial charge in [0, 0.05) is 14.1 Å². The fraction of sp³-hybridized carbons (Fsp3) is 0.267. The minimum Gasteiger partial charge on any atom is -0.387 e. The van der Waals surface area contributed by atoms with E-state index in [-0.39, 0.29) is 23.0 Å². The van der Waals surface area contributed by atoms with Crippen molar-refractivity contribution in [3.63, 3.8) is 0 Å². The summed E-state index contributed by atoms with van der Waals surface area (Å²) >= 11 is 6.13. The first-order chi connectivity index (χ1) is 10.9. The SMILES string of the molecule is Cn1c(=O)c2c(nc(Cl)n2CC(O)c2ccccc2)n(C)c1=O. The molecule has 2 heterocycles. The van der Waals surface area contributed by atoms with Gasteiger partial charge in [-0.25, -0.2) is 4.79 Å². The first-order valence-corrected chi connectivity index (χ1v) is 7.34. The summed E-state index contributed by atoms with van der Waals surface area (Å²) in [4.78, 5) is 28.4. The van der Waals surface area contributed by atoms with Gasteiger partial charge in [0.25, 0.3) is 5.56 Å². The zero-order valence-electron chi connectivity index (χ0n) is 12.6. The van der Waals surface area contributed by atoms with E-state index < -0.39 is 17.4 Å². The number of aliphatic hydroxyl groups excluding tert-OH is 1. The number of rotatable bonds is 3. The maximum atomic E-state index is 12.4. The molecule has 0 saturated carbocycles. The molecule has 1 aromatic carbocycles. The number of halogens is 1. The summed E-state index contributed by atoms with van der Waals surface area (Å²) in [6, 6.07) is 9.04. The van der Waals surface area contributed by atoms with E-state index in [1.54, 1.807) is 12.1 Å². The van der Waals surface area contributed by atoms with Crippen molar-refractivity contribution in [2.45, 2.75) is 12.6 Å². The second kappa shape index (κ2) is 5.68. The topological polar surface area (TPSA) is 82.0 Å². The molecule has 8 heteroatoms. The third-order valence-corrected chi connectivity index (χ3v) is 4.13. The van der Waals surface area contributed by atoms with Crippen LogP contribution >= 0.6 is 11.6 Å². The maximum Gasteiger partial charge on any atom is 0.332 e. The molecule has 0 bridgehead atoms. The molecule has 0 aliphatic rings. The van der Waals surface area contributed by atoms with Gasteiger partial charge >= 0.3 is 5.69 Å². The third-order valence-electron chi connectivity index (χ3n) is 3.84. The number of imidazole rings is 1. The van der Waals surface area contributed by atoms with E-state index in [1.165, 1.54) is 23.2 Å². The van der Waals surface area contributed by atoms with Gasteiger partial charge in [0.2, 0.25) is 5.28 Å². The van der Waals surface area contributed by atoms with Crippen molar-refractivity contribution in [3.8, 4) is 0 Å². The monoisotopic (exact) mass is 334 g/mol. The van der Waals surface area contributed by atoms with Crippen LogP contribution in [0.2, 0.25) is 5.28 Å². The van der Waals surface area contributed by atoms with Crippen LogP contribution in [0.4, 0.5) is 0 Å². The minimum absolute atomic E-state index is 0.0493. The fourth-order valence-electron chi connectivity index (χ4n) is 2.54. The number of aromatic nitrogens is 4. The second-order valence-electron chi connectivity index (χ2n) is 5.30. The average Bonchev–Trinajstić information content (AvgIpc) is 2.88. The molecule has 0 saturated heterocycles. The highest BCUT2D eigenvalue weighted by Crippen LogP contribution is 2.21. The molecule has 23 heavy (non-hydrogen) atoms. The highest BCUT2D eigenvalue weighted by atomic mass is 35.5. The van der Waals surface area contributed by atoms with Gasteiger partial charge in [-0.15, -0.1) is 0 Å². The Labute approximate surface area is 136 Å². The van der Waals surface area contributed by atoms with Crippen LogP contribution in [0, 0.1) is 0 Å². The normalized spacial score (nSPS) is 12.7. The third kappa shape index (κ3) is 2.47. The standard InChI is InChI=1S/C15H15ClN4O3/c1-18-12-11(13(22)19(2)15(18)23)20(14(16)17-12)8-10(21)9-6-4-3-5-7-9/h3-7,10,21H,8H2,1-2H3. The lowest BCUT2D eigenvalue weighted by molar-refractivity contribution is 0.158. The van der Waals surface area contributed by atoms with Crippen LogP contribution in [0.25, 0.3) is 11.2 Å². The summed E-state index contributed by atoms with van der Waals surface area (Å²) in [6.45, 7) is 0.0623. The Hall–Kier alpha value is -2.38. The Morgan fingerprint density at radius 3 is 2.48 bits per heavy atom. The predicted octanol–water partition coefficient (Wildman–Crippen LogP) is 0.821. The van der Waals surface area contributed by atoms with E-state index in [0.717, 1.165) is 4.57 Å². The smallest absolute Gasteiger partial charge is 0.332 e. The lowest BCUT2D eigenvalue weighted by Crippen LogP contribution is -2.37. The Morgan fingerprint density at radius 1 is 1.17 bits per heavy atom. The predicted molar refractivity (Wildman–Crippen MR) is 86.6 cm³/mol. The van der Waals surface area contributed by atoms with Gasteiger partial charge in [0.15, 0.2) is 11.2 Å². The van der Waals surface area contributed by atoms with E-state index in [9.17, 15) is 14.7 Å². The molecular formula is C15H15ClN4O3. The first kappa shape index (κ1) is 15.5. The molecule has 0 aliphatic carbocycles. The van der Waals surface area contributed by atoms with Crippen LogP contribution in [0.3, 0.4) is 0 Å². The van der Waals surface area contributed by atoms with E-state index in [2.05, 4.69) is 4.98 Å². The maximum absolute atomic E-state index is 12.4. The summed E-state index contributed by atoms with van der Waals surface area (Å²) in [6.07, 6.45) is -0.854. The van der Waals surface area contributed by atoms with Crippen LogP contribution in [0.5, 0.6) is 0 Å². The van der Waals surface area contributed by atoms with Gasteiger partial charge in [0.05, 0.1) is 12.6 Å². The summed E-state index contributed by atoms with van der Waals surface area (Å²) < 4.78 is 3.68. The summed E-state index contributed by atoms with van der Waals surface area (Å²) in [5, 5.41) is 10.4. The molecule has 1 N–H and O–H groups in total. The van der Waals surface area contributed by atoms with Crippen molar-refractivity contribution in [3.05, 3.63) is 62.0 Å². The molecule has 7 nitrogen and oxygen atoms in total. The zero-order chi connectivity index (χ0) is 16.7. The first-order valence-electron chi connectivity index (χ1n) is 6.96. The quantitative estimate of drug-likeness (QED) is 0.719. The number of benzene rings is 1. The minimum atomic E-state index is -0.854. The number of hydrogen-bond donors (Lipinski definition) is 1. The summed E-state index contributed by atoms with van der Waals surface area (Å²) in [5.41, 5.74) is 0.111. The van der Waals surface area contributed by atoms with E-state index >= 15 is 0 Å². The molecule has 0 fully saturated rings. The van der Waals surface area contributed by atoms with Crippen molar-refractivity contribution in [1.82, 2.24) is 18.7 Å². The highest BCUT2D eigenvalue weighted by molar-refractivity contribution is 6.29. The molecule has 3 rings (SSSR count).